The van der Waals surface area contributed by atoms with Gasteiger partial charge in [-0.15, -0.1) is 0 Å². The molecule has 11 rings (SSSR count). The van der Waals surface area contributed by atoms with E-state index < -0.39 is 0 Å². The Kier molecular flexibility index (Phi) is 6.76. The van der Waals surface area contributed by atoms with Gasteiger partial charge in [-0.1, -0.05) is 115 Å². The molecule has 256 valence electrons. The van der Waals surface area contributed by atoms with Gasteiger partial charge in [0.2, 0.25) is 0 Å². The zero-order chi connectivity index (χ0) is 35.8. The fraction of sp³-hybridized carbons (Fsp3) is 0.0408. The largest absolute Gasteiger partial charge is 0.332 e. The lowest BCUT2D eigenvalue weighted by Crippen LogP contribution is -2.39. The van der Waals surface area contributed by atoms with Crippen LogP contribution in [0.2, 0.25) is 0 Å². The van der Waals surface area contributed by atoms with Crippen LogP contribution >= 0.6 is 0 Å². The number of rotatable bonds is 5. The third-order valence-electron chi connectivity index (χ3n) is 11.1. The van der Waals surface area contributed by atoms with Crippen molar-refractivity contribution >= 4 is 55.0 Å². The molecule has 0 saturated heterocycles. The van der Waals surface area contributed by atoms with E-state index in [0.717, 1.165) is 17.1 Å². The summed E-state index contributed by atoms with van der Waals surface area (Å²) in [6.07, 6.45) is 6.36. The second-order valence-electron chi connectivity index (χ2n) is 14.2. The highest BCUT2D eigenvalue weighted by atomic mass is 15.6. The predicted molar refractivity (Wildman–Crippen MR) is 224 cm³/mol. The second-order valence-corrected chi connectivity index (χ2v) is 14.2. The van der Waals surface area contributed by atoms with Gasteiger partial charge in [0.05, 0.1) is 22.1 Å². The van der Waals surface area contributed by atoms with Gasteiger partial charge in [0, 0.05) is 57.3 Å². The Morgan fingerprint density at radius 1 is 0.444 bits per heavy atom. The van der Waals surface area contributed by atoms with Crippen LogP contribution in [0.5, 0.6) is 0 Å². The van der Waals surface area contributed by atoms with Gasteiger partial charge in [0.15, 0.2) is 12.0 Å². The maximum Gasteiger partial charge on any atom is 0.158 e. The Morgan fingerprint density at radius 2 is 1.00 bits per heavy atom. The van der Waals surface area contributed by atoms with E-state index in [-0.39, 0.29) is 6.17 Å². The minimum absolute atomic E-state index is 0.0662. The van der Waals surface area contributed by atoms with Crippen molar-refractivity contribution in [2.24, 2.45) is 5.10 Å². The van der Waals surface area contributed by atoms with E-state index in [1.165, 1.54) is 71.6 Å². The van der Waals surface area contributed by atoms with Crippen molar-refractivity contribution in [2.75, 3.05) is 7.05 Å². The van der Waals surface area contributed by atoms with E-state index >= 15 is 0 Å². The van der Waals surface area contributed by atoms with Crippen LogP contribution in [0.25, 0.3) is 71.7 Å². The van der Waals surface area contributed by atoms with Crippen molar-refractivity contribution in [3.05, 3.63) is 199 Å². The fourth-order valence-corrected chi connectivity index (χ4v) is 8.69. The van der Waals surface area contributed by atoms with Crippen LogP contribution in [0.4, 0.5) is 0 Å². The summed E-state index contributed by atoms with van der Waals surface area (Å²) in [5.41, 5.74) is 13.0. The number of benzene rings is 7. The first-order valence-corrected chi connectivity index (χ1v) is 18.5. The quantitative estimate of drug-likeness (QED) is 0.180. The average Bonchev–Trinajstić information content (AvgIpc) is 3.88. The molecule has 0 N–H and O–H groups in total. The number of nitrogens with zero attached hydrogens (tertiary/aromatic N) is 5. The highest BCUT2D eigenvalue weighted by Crippen LogP contribution is 2.38. The molecule has 2 aliphatic heterocycles. The van der Waals surface area contributed by atoms with Crippen LogP contribution in [0.1, 0.15) is 11.1 Å². The molecule has 0 bridgehead atoms. The molecule has 0 radical (unpaired) electrons. The molecule has 2 aliphatic rings. The van der Waals surface area contributed by atoms with Crippen LogP contribution < -0.4 is 0 Å². The van der Waals surface area contributed by atoms with Gasteiger partial charge in [-0.25, -0.2) is 5.01 Å². The Labute approximate surface area is 313 Å². The first-order chi connectivity index (χ1) is 26.7. The maximum atomic E-state index is 5.19. The van der Waals surface area contributed by atoms with Gasteiger partial charge in [-0.3, -0.25) is 0 Å². The molecule has 4 heterocycles. The van der Waals surface area contributed by atoms with Gasteiger partial charge in [0.1, 0.15) is 0 Å². The molecule has 0 amide bonds. The van der Waals surface area contributed by atoms with Crippen molar-refractivity contribution in [1.82, 2.24) is 19.0 Å². The number of hydrogen-bond donors (Lipinski definition) is 0. The highest BCUT2D eigenvalue weighted by Gasteiger charge is 2.36. The topological polar surface area (TPSA) is 28.7 Å². The summed E-state index contributed by atoms with van der Waals surface area (Å²) < 4.78 is 4.73. The summed E-state index contributed by atoms with van der Waals surface area (Å²) in [6, 6.07) is 61.3. The van der Waals surface area contributed by atoms with Gasteiger partial charge in [0.25, 0.3) is 0 Å². The van der Waals surface area contributed by atoms with Crippen molar-refractivity contribution in [3.63, 3.8) is 0 Å². The Morgan fingerprint density at radius 3 is 1.74 bits per heavy atom. The smallest absolute Gasteiger partial charge is 0.158 e. The number of para-hydroxylation sites is 4. The third kappa shape index (κ3) is 4.61. The van der Waals surface area contributed by atoms with Gasteiger partial charge in [-0.2, -0.15) is 5.10 Å². The molecule has 5 nitrogen and oxygen atoms in total. The first kappa shape index (κ1) is 30.5. The summed E-state index contributed by atoms with van der Waals surface area (Å²) in [6.45, 7) is 0. The average molecular weight is 694 g/mol. The van der Waals surface area contributed by atoms with Crippen molar-refractivity contribution in [1.29, 1.82) is 0 Å². The Hall–Kier alpha value is -7.11. The summed E-state index contributed by atoms with van der Waals surface area (Å²) >= 11 is 0. The van der Waals surface area contributed by atoms with Gasteiger partial charge < -0.3 is 14.0 Å². The van der Waals surface area contributed by atoms with Gasteiger partial charge in [-0.05, 0) is 83.4 Å². The van der Waals surface area contributed by atoms with Crippen LogP contribution in [-0.2, 0) is 0 Å². The van der Waals surface area contributed by atoms with Crippen molar-refractivity contribution in [3.8, 4) is 22.5 Å². The molecular formula is C49H35N5. The molecule has 0 saturated carbocycles. The van der Waals surface area contributed by atoms with Crippen LogP contribution in [0.3, 0.4) is 0 Å². The Balaban J connectivity index is 0.943. The maximum absolute atomic E-state index is 5.19. The molecule has 1 atom stereocenters. The number of allylic oxidation sites excluding steroid dienone is 2. The molecular weight excluding hydrogens is 659 g/mol. The van der Waals surface area contributed by atoms with Crippen LogP contribution in [-0.4, -0.2) is 38.1 Å². The van der Waals surface area contributed by atoms with Crippen molar-refractivity contribution < 1.29 is 0 Å². The molecule has 5 heteroatoms. The summed E-state index contributed by atoms with van der Waals surface area (Å²) in [7, 11) is 2.16. The van der Waals surface area contributed by atoms with E-state index in [2.05, 4.69) is 214 Å². The second kappa shape index (κ2) is 12.0. The number of likely N-dealkylation sites (N-methyl/N-ethyl adjacent to an activating group) is 1. The van der Waals surface area contributed by atoms with E-state index in [0.29, 0.717) is 0 Å². The molecule has 0 spiro atoms. The molecule has 2 aromatic heterocycles. The fourth-order valence-electron chi connectivity index (χ4n) is 8.69. The standard InChI is InChI=1S/C49H35N5/c1-51-48(36-16-12-19-38(31-36)54-44-24-8-5-20-40(44)41-21-6-9-25-45(41)54)50-52-29-13-23-39(49(51)52)35-15-11-14-33(30-35)34-27-28-47-43(32-34)42-22-7-10-26-46(42)53(47)37-17-3-2-4-18-37/h2-32,49H,1H3. The normalized spacial score (nSPS) is 15.4. The number of hydrogen-bond acceptors (Lipinski definition) is 3. The first-order valence-electron chi connectivity index (χ1n) is 18.5. The lowest BCUT2D eigenvalue weighted by Gasteiger charge is -2.31. The zero-order valence-electron chi connectivity index (χ0n) is 29.7. The van der Waals surface area contributed by atoms with E-state index in [4.69, 9.17) is 5.10 Å². The number of aromatic nitrogens is 2. The summed E-state index contributed by atoms with van der Waals surface area (Å²) in [4.78, 5) is 2.30. The molecule has 0 aliphatic carbocycles. The predicted octanol–water partition coefficient (Wildman–Crippen LogP) is 11.4. The minimum atomic E-state index is -0.0662. The van der Waals surface area contributed by atoms with Gasteiger partial charge >= 0.3 is 0 Å². The molecule has 0 fully saturated rings. The molecule has 9 aromatic rings. The highest BCUT2D eigenvalue weighted by molar-refractivity contribution is 6.11. The summed E-state index contributed by atoms with van der Waals surface area (Å²) in [5, 5.41) is 12.3. The molecule has 7 aromatic carbocycles. The van der Waals surface area contributed by atoms with Crippen molar-refractivity contribution in [2.45, 2.75) is 6.17 Å². The minimum Gasteiger partial charge on any atom is -0.332 e. The zero-order valence-corrected chi connectivity index (χ0v) is 29.7. The number of amidine groups is 1. The molecule has 1 unspecified atom stereocenters. The number of fused-ring (bicyclic) bond motifs is 7. The monoisotopic (exact) mass is 693 g/mol. The molecule has 54 heavy (non-hydrogen) atoms. The lowest BCUT2D eigenvalue weighted by atomic mass is 9.95. The SMILES string of the molecule is CN1C(c2cccc(-n3c4ccccc4c4ccccc43)c2)=NN2C=CC=C(c3cccc(-c4ccc5c(c4)c4ccccc4n5-c4ccccc4)c3)C21. The van der Waals surface area contributed by atoms with E-state index in [1.54, 1.807) is 0 Å². The van der Waals surface area contributed by atoms with E-state index in [9.17, 15) is 0 Å². The Bertz CT molecular complexity index is 2980. The number of hydrazone groups is 1. The van der Waals surface area contributed by atoms with Crippen LogP contribution in [0, 0.1) is 0 Å². The summed E-state index contributed by atoms with van der Waals surface area (Å²) in [5.74, 6) is 0.941. The third-order valence-corrected chi connectivity index (χ3v) is 11.1. The van der Waals surface area contributed by atoms with E-state index in [1.807, 2.05) is 0 Å². The van der Waals surface area contributed by atoms with Crippen LogP contribution in [0.15, 0.2) is 193 Å². The lowest BCUT2D eigenvalue weighted by molar-refractivity contribution is 0.262.